The average molecular weight is 444 g/mol. The van der Waals surface area contributed by atoms with Crippen LogP contribution in [-0.4, -0.2) is 46.2 Å². The molecule has 2 saturated heterocycles. The van der Waals surface area contributed by atoms with Crippen molar-refractivity contribution >= 4 is 38.9 Å². The number of benzene rings is 2. The molecule has 2 amide bonds. The maximum Gasteiger partial charge on any atom is 0.235 e. The van der Waals surface area contributed by atoms with Gasteiger partial charge in [0, 0.05) is 37.0 Å². The van der Waals surface area contributed by atoms with Crippen molar-refractivity contribution in [2.24, 2.45) is 5.92 Å². The normalized spacial score (nSPS) is 20.2. The van der Waals surface area contributed by atoms with Gasteiger partial charge in [-0.05, 0) is 43.2 Å². The summed E-state index contributed by atoms with van der Waals surface area (Å²) in [5.74, 6) is -0.113. The van der Waals surface area contributed by atoms with Crippen LogP contribution in [0.2, 0.25) is 0 Å². The van der Waals surface area contributed by atoms with Crippen molar-refractivity contribution in [3.8, 4) is 5.75 Å². The minimum Gasteiger partial charge on any atom is -0.497 e. The number of ether oxygens (including phenoxy) is 1. The number of nitrogens with one attached hydrogen (secondary N) is 1. The number of sulfonamides is 1. The fourth-order valence-corrected chi connectivity index (χ4v) is 5.53. The number of hydrogen-bond donors (Lipinski definition) is 1. The fraction of sp³-hybridized carbons (Fsp3) is 0.364. The Morgan fingerprint density at radius 2 is 1.97 bits per heavy atom. The number of amides is 2. The van der Waals surface area contributed by atoms with Gasteiger partial charge in [0.25, 0.3) is 0 Å². The van der Waals surface area contributed by atoms with Gasteiger partial charge in [-0.1, -0.05) is 12.1 Å². The summed E-state index contributed by atoms with van der Waals surface area (Å²) < 4.78 is 31.1. The number of carbonyl (C=O) groups excluding carboxylic acids is 2. The summed E-state index contributed by atoms with van der Waals surface area (Å²) in [5.41, 5.74) is 2.61. The Balaban J connectivity index is 1.50. The maximum atomic E-state index is 12.9. The van der Waals surface area contributed by atoms with E-state index in [1.165, 1.54) is 4.31 Å². The van der Waals surface area contributed by atoms with Crippen LogP contribution in [-0.2, 0) is 19.6 Å². The van der Waals surface area contributed by atoms with Crippen LogP contribution < -0.4 is 19.3 Å². The van der Waals surface area contributed by atoms with Gasteiger partial charge in [-0.25, -0.2) is 8.42 Å². The molecule has 0 spiro atoms. The highest BCUT2D eigenvalue weighted by Gasteiger charge is 2.35. The van der Waals surface area contributed by atoms with E-state index in [1.807, 2.05) is 13.0 Å². The lowest BCUT2D eigenvalue weighted by molar-refractivity contribution is -0.122. The smallest absolute Gasteiger partial charge is 0.235 e. The quantitative estimate of drug-likeness (QED) is 0.766. The summed E-state index contributed by atoms with van der Waals surface area (Å²) >= 11 is 0. The number of hydrogen-bond acceptors (Lipinski definition) is 5. The summed E-state index contributed by atoms with van der Waals surface area (Å²) in [4.78, 5) is 27.1. The Labute approximate surface area is 181 Å². The molecular weight excluding hydrogens is 418 g/mol. The van der Waals surface area contributed by atoms with E-state index >= 15 is 0 Å². The molecule has 31 heavy (non-hydrogen) atoms. The Morgan fingerprint density at radius 1 is 1.16 bits per heavy atom. The van der Waals surface area contributed by atoms with Crippen molar-refractivity contribution in [2.45, 2.75) is 19.8 Å². The van der Waals surface area contributed by atoms with Crippen molar-refractivity contribution in [1.82, 2.24) is 0 Å². The van der Waals surface area contributed by atoms with Gasteiger partial charge in [-0.3, -0.25) is 13.9 Å². The van der Waals surface area contributed by atoms with E-state index < -0.39 is 15.9 Å². The Hall–Kier alpha value is -3.07. The van der Waals surface area contributed by atoms with Crippen molar-refractivity contribution < 1.29 is 22.7 Å². The van der Waals surface area contributed by atoms with E-state index in [2.05, 4.69) is 5.32 Å². The lowest BCUT2D eigenvalue weighted by Crippen LogP contribution is -2.28. The monoisotopic (exact) mass is 443 g/mol. The SMILES string of the molecule is COc1cccc(N2C[C@@H](C(=O)Nc3cc(N4CCCS4(=O)=O)ccc3C)CC2=O)c1. The number of rotatable bonds is 5. The van der Waals surface area contributed by atoms with Gasteiger partial charge in [-0.15, -0.1) is 0 Å². The van der Waals surface area contributed by atoms with Crippen LogP contribution in [0.5, 0.6) is 5.75 Å². The van der Waals surface area contributed by atoms with Crippen LogP contribution in [0.15, 0.2) is 42.5 Å². The van der Waals surface area contributed by atoms with Crippen molar-refractivity contribution in [2.75, 3.05) is 40.5 Å². The molecule has 2 aliphatic heterocycles. The first-order chi connectivity index (χ1) is 14.8. The Bertz CT molecular complexity index is 1130. The first-order valence-corrected chi connectivity index (χ1v) is 11.8. The minimum atomic E-state index is -3.31. The van der Waals surface area contributed by atoms with E-state index in [4.69, 9.17) is 4.74 Å². The molecule has 1 N–H and O–H groups in total. The second-order valence-electron chi connectivity index (χ2n) is 7.84. The molecule has 2 aromatic carbocycles. The first kappa shape index (κ1) is 21.2. The first-order valence-electron chi connectivity index (χ1n) is 10.1. The summed E-state index contributed by atoms with van der Waals surface area (Å²) in [6.45, 7) is 2.56. The molecule has 0 saturated carbocycles. The molecule has 2 aliphatic rings. The molecule has 0 aliphatic carbocycles. The average Bonchev–Trinajstić information content (AvgIpc) is 3.31. The topological polar surface area (TPSA) is 96.0 Å². The van der Waals surface area contributed by atoms with Crippen LogP contribution in [0.1, 0.15) is 18.4 Å². The second-order valence-corrected chi connectivity index (χ2v) is 9.85. The molecule has 2 fully saturated rings. The zero-order valence-corrected chi connectivity index (χ0v) is 18.3. The van der Waals surface area contributed by atoms with Crippen LogP contribution in [0, 0.1) is 12.8 Å². The van der Waals surface area contributed by atoms with Crippen molar-refractivity contribution in [3.63, 3.8) is 0 Å². The number of methoxy groups -OCH3 is 1. The highest BCUT2D eigenvalue weighted by Crippen LogP contribution is 2.31. The van der Waals surface area contributed by atoms with E-state index in [0.717, 1.165) is 5.56 Å². The molecule has 8 nitrogen and oxygen atoms in total. The largest absolute Gasteiger partial charge is 0.497 e. The third-order valence-corrected chi connectivity index (χ3v) is 7.60. The van der Waals surface area contributed by atoms with Gasteiger partial charge in [0.1, 0.15) is 5.75 Å². The number of nitrogens with zero attached hydrogens (tertiary/aromatic N) is 2. The summed E-state index contributed by atoms with van der Waals surface area (Å²) in [5, 5.41) is 2.89. The highest BCUT2D eigenvalue weighted by atomic mass is 32.2. The van der Waals surface area contributed by atoms with Crippen LogP contribution >= 0.6 is 0 Å². The molecular formula is C22H25N3O5S. The molecule has 0 aromatic heterocycles. The zero-order valence-electron chi connectivity index (χ0n) is 17.5. The van der Waals surface area contributed by atoms with Gasteiger partial charge in [-0.2, -0.15) is 0 Å². The third kappa shape index (κ3) is 4.23. The number of carbonyl (C=O) groups is 2. The second kappa shape index (κ2) is 8.22. The van der Waals surface area contributed by atoms with Gasteiger partial charge in [0.2, 0.25) is 21.8 Å². The molecule has 9 heteroatoms. The minimum absolute atomic E-state index is 0.113. The van der Waals surface area contributed by atoms with Crippen LogP contribution in [0.3, 0.4) is 0 Å². The van der Waals surface area contributed by atoms with E-state index in [0.29, 0.717) is 35.8 Å². The third-order valence-electron chi connectivity index (χ3n) is 5.73. The Kier molecular flexibility index (Phi) is 5.62. The molecule has 0 unspecified atom stereocenters. The zero-order chi connectivity index (χ0) is 22.2. The predicted molar refractivity (Wildman–Crippen MR) is 119 cm³/mol. The molecule has 0 radical (unpaired) electrons. The van der Waals surface area contributed by atoms with Gasteiger partial charge < -0.3 is 15.0 Å². The van der Waals surface area contributed by atoms with E-state index in [-0.39, 0.29) is 30.5 Å². The van der Waals surface area contributed by atoms with Gasteiger partial charge in [0.05, 0.1) is 24.5 Å². The summed E-state index contributed by atoms with van der Waals surface area (Å²) in [7, 11) is -1.75. The number of aryl methyl sites for hydroxylation is 1. The maximum absolute atomic E-state index is 12.9. The van der Waals surface area contributed by atoms with Crippen molar-refractivity contribution in [3.05, 3.63) is 48.0 Å². The highest BCUT2D eigenvalue weighted by molar-refractivity contribution is 7.93. The van der Waals surface area contributed by atoms with E-state index in [9.17, 15) is 18.0 Å². The molecule has 2 heterocycles. The lowest BCUT2D eigenvalue weighted by Gasteiger charge is -2.20. The van der Waals surface area contributed by atoms with Crippen LogP contribution in [0.4, 0.5) is 17.1 Å². The molecule has 2 aromatic rings. The van der Waals surface area contributed by atoms with Gasteiger partial charge >= 0.3 is 0 Å². The fourth-order valence-electron chi connectivity index (χ4n) is 3.98. The van der Waals surface area contributed by atoms with Crippen molar-refractivity contribution in [1.29, 1.82) is 0 Å². The predicted octanol–water partition coefficient (Wildman–Crippen LogP) is 2.54. The molecule has 0 bridgehead atoms. The standard InChI is InChI=1S/C22H25N3O5S/c1-15-7-8-18(25-9-4-10-31(25,28)29)13-20(15)23-22(27)16-11-21(26)24(14-16)17-5-3-6-19(12-17)30-2/h3,5-8,12-13,16H,4,9-11,14H2,1-2H3,(H,23,27)/t16-/m0/s1. The van der Waals surface area contributed by atoms with Gasteiger partial charge in [0.15, 0.2) is 0 Å². The number of anilines is 3. The Morgan fingerprint density at radius 3 is 2.68 bits per heavy atom. The lowest BCUT2D eigenvalue weighted by atomic mass is 10.1. The summed E-state index contributed by atoms with van der Waals surface area (Å²) in [6.07, 6.45) is 0.699. The van der Waals surface area contributed by atoms with E-state index in [1.54, 1.807) is 48.4 Å². The molecule has 4 rings (SSSR count). The molecule has 164 valence electrons. The summed E-state index contributed by atoms with van der Waals surface area (Å²) in [6, 6.07) is 12.4. The molecule has 1 atom stereocenters. The van der Waals surface area contributed by atoms with Crippen LogP contribution in [0.25, 0.3) is 0 Å².